The number of hydrogen-bond acceptors (Lipinski definition) is 1. The van der Waals surface area contributed by atoms with E-state index in [2.05, 4.69) is 99.8 Å². The summed E-state index contributed by atoms with van der Waals surface area (Å²) in [5, 5.41) is 2.46. The van der Waals surface area contributed by atoms with E-state index in [1.54, 1.807) is 6.92 Å². The number of carbonyl (C=O) groups excluding carboxylic acids is 1. The van der Waals surface area contributed by atoms with Gasteiger partial charge >= 0.3 is 0 Å². The number of benzene rings is 3. The van der Waals surface area contributed by atoms with Crippen LogP contribution in [0.5, 0.6) is 0 Å². The van der Waals surface area contributed by atoms with Crippen molar-refractivity contribution in [2.75, 3.05) is 0 Å². The number of carbonyl (C=O) groups is 1. The van der Waals surface area contributed by atoms with Crippen LogP contribution in [0.4, 0.5) is 0 Å². The molecule has 0 spiro atoms. The molecule has 4 aromatic rings. The smallest absolute Gasteiger partial charge is 0.193 e. The first kappa shape index (κ1) is 16.5. The largest absolute Gasteiger partial charge is 0.295 e. The number of ketones is 1. The Labute approximate surface area is 170 Å². The van der Waals surface area contributed by atoms with Gasteiger partial charge < -0.3 is 0 Å². The first-order valence-corrected chi connectivity index (χ1v) is 10.9. The summed E-state index contributed by atoms with van der Waals surface area (Å²) in [5.74, 6) is 0.117. The van der Waals surface area contributed by atoms with Crippen LogP contribution >= 0.6 is 55.7 Å². The topological polar surface area (TPSA) is 17.1 Å². The number of thiophene rings is 1. The molecule has 1 heterocycles. The van der Waals surface area contributed by atoms with Crippen LogP contribution in [0.15, 0.2) is 60.7 Å². The van der Waals surface area contributed by atoms with Gasteiger partial charge in [0, 0.05) is 36.4 Å². The summed E-state index contributed by atoms with van der Waals surface area (Å²) in [5.41, 5.74) is 0.784. The molecule has 1 unspecified atom stereocenters. The van der Waals surface area contributed by atoms with Gasteiger partial charge in [-0.2, -0.15) is 0 Å². The summed E-state index contributed by atoms with van der Waals surface area (Å²) < 4.78 is 5.22. The third-order valence-corrected chi connectivity index (χ3v) is 8.43. The predicted molar refractivity (Wildman–Crippen MR) is 121 cm³/mol. The molecule has 0 N–H and O–H groups in total. The van der Waals surface area contributed by atoms with Gasteiger partial charge in [0.1, 0.15) is 0 Å². The number of halogens is 2. The van der Waals surface area contributed by atoms with Crippen molar-refractivity contribution in [2.24, 2.45) is 0 Å². The molecule has 0 fully saturated rings. The molecule has 24 heavy (non-hydrogen) atoms. The van der Waals surface area contributed by atoms with Gasteiger partial charge in [0.15, 0.2) is 20.1 Å². The van der Waals surface area contributed by atoms with Gasteiger partial charge in [-0.25, -0.2) is 0 Å². The first-order valence-electron chi connectivity index (χ1n) is 7.50. The van der Waals surface area contributed by atoms with Crippen molar-refractivity contribution in [1.29, 1.82) is 0 Å². The minimum atomic E-state index is -0.104. The van der Waals surface area contributed by atoms with E-state index in [0.717, 1.165) is 5.56 Å². The fourth-order valence-corrected chi connectivity index (χ4v) is 7.64. The van der Waals surface area contributed by atoms with Crippen molar-refractivity contribution in [1.82, 2.24) is 0 Å². The molecule has 3 aromatic carbocycles. The highest BCUT2D eigenvalue weighted by Gasteiger charge is 2.25. The molecule has 0 radical (unpaired) electrons. The number of fused-ring (bicyclic) bond motifs is 3. The Hall–Kier alpha value is -0.990. The molecule has 0 bridgehead atoms. The van der Waals surface area contributed by atoms with Gasteiger partial charge in [0.25, 0.3) is 0 Å². The van der Waals surface area contributed by atoms with Crippen LogP contribution in [0.3, 0.4) is 0 Å². The SMILES string of the molecule is CC(=O)c1ccc2c(c1)c1ccccc1[s+]2-c1ccc(I)cc1I. The van der Waals surface area contributed by atoms with Gasteiger partial charge in [0.2, 0.25) is 0 Å². The third-order valence-electron chi connectivity index (χ3n) is 4.12. The van der Waals surface area contributed by atoms with Crippen LogP contribution in [-0.2, 0) is 0 Å². The normalized spacial score (nSPS) is 12.0. The van der Waals surface area contributed by atoms with Crippen molar-refractivity contribution >= 4 is 81.6 Å². The molecule has 0 saturated heterocycles. The molecule has 0 amide bonds. The molecular weight excluding hydrogens is 542 g/mol. The minimum absolute atomic E-state index is 0.104. The molecule has 118 valence electrons. The maximum absolute atomic E-state index is 11.8. The standard InChI is InChI=1S/C20H13I2OS/c1-12(23)13-6-8-19-16(10-13)15-4-2-3-5-18(15)24(19)20-9-7-14(21)11-17(20)22/h2-11H,1H3/q+1. The van der Waals surface area contributed by atoms with Gasteiger partial charge in [-0.15, -0.1) is 0 Å². The molecule has 1 nitrogen and oxygen atoms in total. The maximum atomic E-state index is 11.8. The zero-order valence-corrected chi connectivity index (χ0v) is 18.0. The summed E-state index contributed by atoms with van der Waals surface area (Å²) >= 11 is 4.80. The zero-order valence-electron chi connectivity index (χ0n) is 12.8. The summed E-state index contributed by atoms with van der Waals surface area (Å²) in [6.45, 7) is 1.63. The molecule has 0 aliphatic carbocycles. The van der Waals surface area contributed by atoms with E-state index >= 15 is 0 Å². The average molecular weight is 555 g/mol. The van der Waals surface area contributed by atoms with Crippen molar-refractivity contribution in [3.8, 4) is 4.90 Å². The van der Waals surface area contributed by atoms with Crippen LogP contribution < -0.4 is 0 Å². The molecule has 1 atom stereocenters. The minimum Gasteiger partial charge on any atom is -0.295 e. The van der Waals surface area contributed by atoms with Crippen LogP contribution in [-0.4, -0.2) is 5.78 Å². The molecular formula is C20H13I2OS+. The summed E-state index contributed by atoms with van der Waals surface area (Å²) in [6.07, 6.45) is 0. The Kier molecular flexibility index (Phi) is 4.38. The average Bonchev–Trinajstić information content (AvgIpc) is 2.89. The number of Topliss-reactive ketones (excluding diaryl/α,β-unsaturated/α-hetero) is 1. The van der Waals surface area contributed by atoms with Gasteiger partial charge in [-0.05, 0) is 94.6 Å². The summed E-state index contributed by atoms with van der Waals surface area (Å²) in [6, 6.07) is 21.4. The van der Waals surface area contributed by atoms with Crippen LogP contribution in [0.1, 0.15) is 17.3 Å². The lowest BCUT2D eigenvalue weighted by molar-refractivity contribution is 0.101. The maximum Gasteiger partial charge on any atom is 0.193 e. The van der Waals surface area contributed by atoms with E-state index in [4.69, 9.17) is 0 Å². The second-order valence-corrected chi connectivity index (χ2v) is 9.98. The Bertz CT molecular complexity index is 1110. The monoisotopic (exact) mass is 555 g/mol. The van der Waals surface area contributed by atoms with Gasteiger partial charge in [-0.3, -0.25) is 4.79 Å². The van der Waals surface area contributed by atoms with E-state index in [0.29, 0.717) is 0 Å². The van der Waals surface area contributed by atoms with E-state index in [1.807, 2.05) is 6.07 Å². The lowest BCUT2D eigenvalue weighted by Crippen LogP contribution is -1.90. The molecule has 0 saturated carbocycles. The van der Waals surface area contributed by atoms with Crippen molar-refractivity contribution in [3.63, 3.8) is 0 Å². The van der Waals surface area contributed by atoms with E-state index in [1.165, 1.54) is 32.2 Å². The lowest BCUT2D eigenvalue weighted by Gasteiger charge is -1.98. The lowest BCUT2D eigenvalue weighted by atomic mass is 10.1. The summed E-state index contributed by atoms with van der Waals surface area (Å²) in [7, 11) is -0.104. The second-order valence-electron chi connectivity index (χ2n) is 5.64. The predicted octanol–water partition coefficient (Wildman–Crippen LogP) is 7.14. The number of hydrogen-bond donors (Lipinski definition) is 0. The van der Waals surface area contributed by atoms with E-state index in [-0.39, 0.29) is 16.3 Å². The van der Waals surface area contributed by atoms with Crippen molar-refractivity contribution < 1.29 is 4.79 Å². The van der Waals surface area contributed by atoms with Crippen LogP contribution in [0, 0.1) is 7.14 Å². The molecule has 4 heteroatoms. The van der Waals surface area contributed by atoms with Crippen molar-refractivity contribution in [3.05, 3.63) is 73.4 Å². The van der Waals surface area contributed by atoms with Crippen molar-refractivity contribution in [2.45, 2.75) is 6.92 Å². The number of rotatable bonds is 2. The fourth-order valence-electron chi connectivity index (χ4n) is 3.00. The summed E-state index contributed by atoms with van der Waals surface area (Å²) in [4.78, 5) is 13.2. The van der Waals surface area contributed by atoms with Gasteiger partial charge in [0.05, 0.1) is 3.57 Å². The fraction of sp³-hybridized carbons (Fsp3) is 0.0500. The second kappa shape index (κ2) is 6.38. The third kappa shape index (κ3) is 2.68. The Morgan fingerprint density at radius 2 is 1.62 bits per heavy atom. The molecule has 0 aliphatic rings. The Balaban J connectivity index is 2.15. The van der Waals surface area contributed by atoms with Gasteiger partial charge in [-0.1, -0.05) is 12.1 Å². The Morgan fingerprint density at radius 1 is 0.875 bits per heavy atom. The molecule has 0 aliphatic heterocycles. The first-order chi connectivity index (χ1) is 11.6. The molecule has 4 rings (SSSR count). The highest BCUT2D eigenvalue weighted by Crippen LogP contribution is 2.49. The Morgan fingerprint density at radius 3 is 2.38 bits per heavy atom. The highest BCUT2D eigenvalue weighted by molar-refractivity contribution is 14.1. The van der Waals surface area contributed by atoms with E-state index < -0.39 is 0 Å². The quantitative estimate of drug-likeness (QED) is 0.146. The van der Waals surface area contributed by atoms with Crippen LogP contribution in [0.2, 0.25) is 0 Å². The van der Waals surface area contributed by atoms with E-state index in [9.17, 15) is 4.79 Å². The highest BCUT2D eigenvalue weighted by atomic mass is 127. The zero-order chi connectivity index (χ0) is 16.8. The van der Waals surface area contributed by atoms with Crippen LogP contribution in [0.25, 0.3) is 25.1 Å². The molecule has 1 aromatic heterocycles.